The van der Waals surface area contributed by atoms with Crippen LogP contribution < -0.4 is 5.32 Å². The van der Waals surface area contributed by atoms with Crippen LogP contribution in [0.1, 0.15) is 16.8 Å². The molecule has 0 saturated carbocycles. The number of carbonyl (C=O) groups excluding carboxylic acids is 1. The van der Waals surface area contributed by atoms with E-state index < -0.39 is 0 Å². The molecular weight excluding hydrogens is 252 g/mol. The zero-order valence-electron chi connectivity index (χ0n) is 9.69. The minimum absolute atomic E-state index is 0.0456. The van der Waals surface area contributed by atoms with Crippen LogP contribution >= 0.6 is 11.6 Å². The molecule has 94 valence electrons. The largest absolute Gasteiger partial charge is 0.396 e. The molecule has 0 saturated heterocycles. The van der Waals surface area contributed by atoms with Gasteiger partial charge in [-0.15, -0.1) is 0 Å². The lowest BCUT2D eigenvalue weighted by Crippen LogP contribution is -2.25. The summed E-state index contributed by atoms with van der Waals surface area (Å²) in [5.74, 6) is -0.272. The van der Waals surface area contributed by atoms with Crippen molar-refractivity contribution in [2.45, 2.75) is 6.42 Å². The fourth-order valence-corrected chi connectivity index (χ4v) is 1.94. The van der Waals surface area contributed by atoms with E-state index in [4.69, 9.17) is 16.7 Å². The Bertz CT molecular complexity index is 572. The fraction of sp³-hybridized carbons (Fsp3) is 0.231. The van der Waals surface area contributed by atoms with Crippen LogP contribution in [-0.2, 0) is 0 Å². The van der Waals surface area contributed by atoms with Crippen LogP contribution in [0.4, 0.5) is 0 Å². The number of fused-ring (bicyclic) bond motifs is 1. The smallest absolute Gasteiger partial charge is 0.254 e. The topological polar surface area (TPSA) is 62.2 Å². The van der Waals surface area contributed by atoms with Crippen molar-refractivity contribution in [2.24, 2.45) is 0 Å². The van der Waals surface area contributed by atoms with E-state index in [1.807, 2.05) is 24.3 Å². The number of benzene rings is 1. The predicted molar refractivity (Wildman–Crippen MR) is 70.8 cm³/mol. The van der Waals surface area contributed by atoms with Crippen LogP contribution in [0, 0.1) is 0 Å². The molecule has 0 atom stereocenters. The zero-order valence-corrected chi connectivity index (χ0v) is 10.4. The van der Waals surface area contributed by atoms with Gasteiger partial charge in [-0.2, -0.15) is 0 Å². The van der Waals surface area contributed by atoms with Crippen molar-refractivity contribution < 1.29 is 9.90 Å². The van der Waals surface area contributed by atoms with Crippen molar-refractivity contribution in [1.29, 1.82) is 0 Å². The number of rotatable bonds is 4. The Balaban J connectivity index is 2.28. The van der Waals surface area contributed by atoms with Crippen molar-refractivity contribution in [1.82, 2.24) is 10.3 Å². The number of aromatic nitrogens is 1. The Kier molecular flexibility index (Phi) is 4.12. The highest BCUT2D eigenvalue weighted by Crippen LogP contribution is 2.25. The zero-order chi connectivity index (χ0) is 13.0. The standard InChI is InChI=1S/C13H13ClN2O2/c14-12-9-4-1-2-5-11(9)16-8-10(12)13(18)15-6-3-7-17/h1-2,4-5,8,17H,3,6-7H2,(H,15,18). The molecule has 0 aliphatic rings. The molecule has 0 spiro atoms. The third-order valence-electron chi connectivity index (χ3n) is 2.57. The van der Waals surface area contributed by atoms with Crippen LogP contribution in [0.25, 0.3) is 10.9 Å². The van der Waals surface area contributed by atoms with E-state index in [1.54, 1.807) is 0 Å². The first-order valence-electron chi connectivity index (χ1n) is 5.66. The molecule has 1 amide bonds. The van der Waals surface area contributed by atoms with E-state index in [-0.39, 0.29) is 12.5 Å². The molecule has 1 aromatic carbocycles. The Morgan fingerprint density at radius 2 is 2.17 bits per heavy atom. The number of aliphatic hydroxyl groups is 1. The number of nitrogens with one attached hydrogen (secondary N) is 1. The summed E-state index contributed by atoms with van der Waals surface area (Å²) in [6.45, 7) is 0.461. The van der Waals surface area contributed by atoms with E-state index in [1.165, 1.54) is 6.20 Å². The van der Waals surface area contributed by atoms with Crippen molar-refractivity contribution in [3.8, 4) is 0 Å². The van der Waals surface area contributed by atoms with Gasteiger partial charge in [-0.25, -0.2) is 0 Å². The number of pyridine rings is 1. The lowest BCUT2D eigenvalue weighted by Gasteiger charge is -2.07. The van der Waals surface area contributed by atoms with E-state index in [2.05, 4.69) is 10.3 Å². The van der Waals surface area contributed by atoms with Crippen LogP contribution in [0.2, 0.25) is 5.02 Å². The molecule has 1 heterocycles. The van der Waals surface area contributed by atoms with E-state index in [9.17, 15) is 4.79 Å². The summed E-state index contributed by atoms with van der Waals surface area (Å²) < 4.78 is 0. The van der Waals surface area contributed by atoms with Crippen molar-refractivity contribution in [2.75, 3.05) is 13.2 Å². The number of aliphatic hydroxyl groups excluding tert-OH is 1. The normalized spacial score (nSPS) is 10.6. The second-order valence-corrected chi connectivity index (χ2v) is 4.21. The van der Waals surface area contributed by atoms with Crippen LogP contribution in [0.3, 0.4) is 0 Å². The van der Waals surface area contributed by atoms with Crippen LogP contribution in [0.5, 0.6) is 0 Å². The van der Waals surface area contributed by atoms with Crippen molar-refractivity contribution in [3.63, 3.8) is 0 Å². The number of amides is 1. The first kappa shape index (κ1) is 12.8. The predicted octanol–water partition coefficient (Wildman–Crippen LogP) is 2.00. The number of hydrogen-bond acceptors (Lipinski definition) is 3. The number of hydrogen-bond donors (Lipinski definition) is 2. The maximum atomic E-state index is 11.9. The monoisotopic (exact) mass is 264 g/mol. The average Bonchev–Trinajstić information content (AvgIpc) is 2.39. The van der Waals surface area contributed by atoms with Gasteiger partial charge in [-0.3, -0.25) is 9.78 Å². The molecular formula is C13H13ClN2O2. The van der Waals surface area contributed by atoms with Gasteiger partial charge in [0, 0.05) is 24.7 Å². The Morgan fingerprint density at radius 3 is 2.94 bits per heavy atom. The molecule has 0 unspecified atom stereocenters. The van der Waals surface area contributed by atoms with Gasteiger partial charge in [0.2, 0.25) is 0 Å². The first-order chi connectivity index (χ1) is 8.74. The lowest BCUT2D eigenvalue weighted by molar-refractivity contribution is 0.0951. The highest BCUT2D eigenvalue weighted by Gasteiger charge is 2.13. The molecule has 0 bridgehead atoms. The summed E-state index contributed by atoms with van der Waals surface area (Å²) in [5, 5.41) is 12.5. The maximum absolute atomic E-state index is 11.9. The van der Waals surface area contributed by atoms with E-state index in [0.29, 0.717) is 23.6 Å². The molecule has 2 rings (SSSR count). The van der Waals surface area contributed by atoms with Gasteiger partial charge in [-0.1, -0.05) is 29.8 Å². The van der Waals surface area contributed by atoms with Crippen molar-refractivity contribution >= 4 is 28.4 Å². The second-order valence-electron chi connectivity index (χ2n) is 3.84. The molecule has 0 aliphatic carbocycles. The number of para-hydroxylation sites is 1. The van der Waals surface area contributed by atoms with Gasteiger partial charge in [0.15, 0.2) is 0 Å². The van der Waals surface area contributed by atoms with Gasteiger partial charge in [0.05, 0.1) is 16.1 Å². The Labute approximate surface area is 110 Å². The molecule has 5 heteroatoms. The summed E-state index contributed by atoms with van der Waals surface area (Å²) in [6, 6.07) is 7.39. The van der Waals surface area contributed by atoms with E-state index in [0.717, 1.165) is 10.9 Å². The third-order valence-corrected chi connectivity index (χ3v) is 2.98. The first-order valence-corrected chi connectivity index (χ1v) is 6.04. The van der Waals surface area contributed by atoms with Gasteiger partial charge < -0.3 is 10.4 Å². The molecule has 0 radical (unpaired) electrons. The summed E-state index contributed by atoms with van der Waals surface area (Å²) in [4.78, 5) is 16.1. The lowest BCUT2D eigenvalue weighted by atomic mass is 10.1. The van der Waals surface area contributed by atoms with Crippen LogP contribution in [-0.4, -0.2) is 29.1 Å². The molecule has 4 nitrogen and oxygen atoms in total. The quantitative estimate of drug-likeness (QED) is 0.831. The molecule has 18 heavy (non-hydrogen) atoms. The summed E-state index contributed by atoms with van der Waals surface area (Å²) in [7, 11) is 0. The van der Waals surface area contributed by atoms with Gasteiger partial charge >= 0.3 is 0 Å². The third kappa shape index (κ3) is 2.60. The Hall–Kier alpha value is -1.65. The van der Waals surface area contributed by atoms with Gasteiger partial charge in [0.25, 0.3) is 5.91 Å². The van der Waals surface area contributed by atoms with Crippen LogP contribution in [0.15, 0.2) is 30.5 Å². The number of halogens is 1. The number of carbonyl (C=O) groups is 1. The average molecular weight is 265 g/mol. The van der Waals surface area contributed by atoms with Crippen molar-refractivity contribution in [3.05, 3.63) is 41.0 Å². The summed E-state index contributed by atoms with van der Waals surface area (Å²) in [5.41, 5.74) is 1.11. The molecule has 1 aromatic heterocycles. The van der Waals surface area contributed by atoms with Gasteiger partial charge in [-0.05, 0) is 12.5 Å². The van der Waals surface area contributed by atoms with E-state index >= 15 is 0 Å². The summed E-state index contributed by atoms with van der Waals surface area (Å²) in [6.07, 6.45) is 1.99. The molecule has 2 N–H and O–H groups in total. The summed E-state index contributed by atoms with van der Waals surface area (Å²) >= 11 is 6.20. The fourth-order valence-electron chi connectivity index (χ4n) is 1.64. The Morgan fingerprint density at radius 1 is 1.39 bits per heavy atom. The molecule has 0 fully saturated rings. The highest BCUT2D eigenvalue weighted by molar-refractivity contribution is 6.38. The molecule has 2 aromatic rings. The minimum atomic E-state index is -0.272. The molecule has 0 aliphatic heterocycles. The number of nitrogens with zero attached hydrogens (tertiary/aromatic N) is 1. The maximum Gasteiger partial charge on any atom is 0.254 e. The van der Waals surface area contributed by atoms with Gasteiger partial charge in [0.1, 0.15) is 0 Å². The highest BCUT2D eigenvalue weighted by atomic mass is 35.5. The minimum Gasteiger partial charge on any atom is -0.396 e. The SMILES string of the molecule is O=C(NCCCO)c1cnc2ccccc2c1Cl. The second kappa shape index (κ2) is 5.80.